The van der Waals surface area contributed by atoms with Crippen molar-refractivity contribution >= 4 is 11.6 Å². The highest BCUT2D eigenvalue weighted by atomic mass is 35.5. The first kappa shape index (κ1) is 16.7. The van der Waals surface area contributed by atoms with Crippen molar-refractivity contribution in [3.63, 3.8) is 0 Å². The Morgan fingerprint density at radius 1 is 1.35 bits per heavy atom. The normalized spacial score (nSPS) is 10.0. The molecule has 0 saturated heterocycles. The summed E-state index contributed by atoms with van der Waals surface area (Å²) in [6, 6.07) is 6.86. The van der Waals surface area contributed by atoms with Gasteiger partial charge in [-0.3, -0.25) is 4.79 Å². The summed E-state index contributed by atoms with van der Waals surface area (Å²) in [5.74, 6) is 0.911. The van der Waals surface area contributed by atoms with Gasteiger partial charge in [-0.1, -0.05) is 24.3 Å². The van der Waals surface area contributed by atoms with Gasteiger partial charge in [-0.05, 0) is 19.1 Å². The van der Waals surface area contributed by atoms with E-state index in [4.69, 9.17) is 21.1 Å². The summed E-state index contributed by atoms with van der Waals surface area (Å²) >= 11 is 6.32. The number of halogens is 1. The molecule has 0 saturated carbocycles. The summed E-state index contributed by atoms with van der Waals surface area (Å²) < 4.78 is 10.8. The Hall–Kier alpha value is -2.71. The molecule has 0 fully saturated rings. The maximum atomic E-state index is 12.0. The minimum absolute atomic E-state index is 0.000636. The van der Waals surface area contributed by atoms with Crippen LogP contribution in [0.25, 0.3) is 11.1 Å². The van der Waals surface area contributed by atoms with Crippen LogP contribution in [0.4, 0.5) is 0 Å². The van der Waals surface area contributed by atoms with Gasteiger partial charge in [-0.2, -0.15) is 5.26 Å². The van der Waals surface area contributed by atoms with Gasteiger partial charge in [0.15, 0.2) is 11.5 Å². The number of benzene rings is 1. The van der Waals surface area contributed by atoms with E-state index in [1.54, 1.807) is 31.2 Å². The number of aromatic amines is 1. The van der Waals surface area contributed by atoms with Crippen molar-refractivity contribution in [2.75, 3.05) is 13.7 Å². The number of nitrogens with zero attached hydrogens (tertiary/aromatic N) is 1. The highest BCUT2D eigenvalue weighted by Gasteiger charge is 2.17. The number of pyridine rings is 1. The Bertz CT molecular complexity index is 850. The smallest absolute Gasteiger partial charge is 0.266 e. The van der Waals surface area contributed by atoms with E-state index >= 15 is 0 Å². The lowest BCUT2D eigenvalue weighted by Gasteiger charge is -2.14. The Balaban J connectivity index is 2.68. The number of ether oxygens (including phenoxy) is 2. The average Bonchev–Trinajstić information content (AvgIpc) is 2.52. The molecule has 118 valence electrons. The molecule has 1 heterocycles. The molecule has 1 N–H and O–H groups in total. The van der Waals surface area contributed by atoms with Crippen LogP contribution in [0.5, 0.6) is 11.5 Å². The van der Waals surface area contributed by atoms with Crippen LogP contribution >= 0.6 is 11.6 Å². The van der Waals surface area contributed by atoms with E-state index in [-0.39, 0.29) is 5.56 Å². The van der Waals surface area contributed by atoms with Crippen molar-refractivity contribution in [2.45, 2.75) is 6.92 Å². The van der Waals surface area contributed by atoms with Crippen molar-refractivity contribution in [3.8, 4) is 28.7 Å². The second-order valence-electron chi connectivity index (χ2n) is 4.76. The van der Waals surface area contributed by atoms with E-state index < -0.39 is 5.56 Å². The number of methoxy groups -OCH3 is 1. The van der Waals surface area contributed by atoms with Gasteiger partial charge in [-0.15, -0.1) is 0 Å². The lowest BCUT2D eigenvalue weighted by Crippen LogP contribution is -2.12. The molecule has 0 bridgehead atoms. The molecular formula is C17H15ClN2O3. The topological polar surface area (TPSA) is 75.1 Å². The van der Waals surface area contributed by atoms with Gasteiger partial charge in [-0.25, -0.2) is 0 Å². The summed E-state index contributed by atoms with van der Waals surface area (Å²) in [7, 11) is 1.50. The minimum atomic E-state index is -0.454. The monoisotopic (exact) mass is 330 g/mol. The van der Waals surface area contributed by atoms with E-state index in [2.05, 4.69) is 11.6 Å². The van der Waals surface area contributed by atoms with Gasteiger partial charge >= 0.3 is 0 Å². The van der Waals surface area contributed by atoms with Crippen LogP contribution in [0.15, 0.2) is 35.6 Å². The lowest BCUT2D eigenvalue weighted by molar-refractivity contribution is 0.326. The van der Waals surface area contributed by atoms with E-state index in [9.17, 15) is 10.1 Å². The number of aromatic nitrogens is 1. The lowest BCUT2D eigenvalue weighted by atomic mass is 10.0. The molecule has 0 atom stereocenters. The zero-order chi connectivity index (χ0) is 17.0. The minimum Gasteiger partial charge on any atom is -0.493 e. The summed E-state index contributed by atoms with van der Waals surface area (Å²) in [6.45, 7) is 5.63. The third kappa shape index (κ3) is 3.38. The molecule has 0 aliphatic rings. The number of nitriles is 1. The van der Waals surface area contributed by atoms with Crippen LogP contribution in [-0.2, 0) is 0 Å². The molecule has 0 amide bonds. The third-order valence-corrected chi connectivity index (χ3v) is 3.49. The number of rotatable bonds is 5. The second kappa shape index (κ2) is 7.03. The maximum Gasteiger partial charge on any atom is 0.266 e. The van der Waals surface area contributed by atoms with Crippen molar-refractivity contribution in [2.24, 2.45) is 0 Å². The summed E-state index contributed by atoms with van der Waals surface area (Å²) in [4.78, 5) is 14.6. The molecule has 0 radical (unpaired) electrons. The van der Waals surface area contributed by atoms with E-state index in [1.165, 1.54) is 7.11 Å². The van der Waals surface area contributed by atoms with Gasteiger partial charge in [0, 0.05) is 22.9 Å². The molecule has 1 aromatic carbocycles. The Labute approximate surface area is 138 Å². The van der Waals surface area contributed by atoms with Crippen molar-refractivity contribution < 1.29 is 9.47 Å². The Kier molecular flexibility index (Phi) is 5.09. The summed E-state index contributed by atoms with van der Waals surface area (Å²) in [5.41, 5.74) is 1.15. The second-order valence-corrected chi connectivity index (χ2v) is 5.17. The summed E-state index contributed by atoms with van der Waals surface area (Å²) in [6.07, 6.45) is 1.61. The van der Waals surface area contributed by atoms with Crippen LogP contribution in [0.3, 0.4) is 0 Å². The predicted molar refractivity (Wildman–Crippen MR) is 89.2 cm³/mol. The van der Waals surface area contributed by atoms with E-state index in [0.717, 1.165) is 0 Å². The van der Waals surface area contributed by atoms with Gasteiger partial charge in [0.25, 0.3) is 5.56 Å². The van der Waals surface area contributed by atoms with Crippen molar-refractivity contribution in [3.05, 3.63) is 57.5 Å². The maximum absolute atomic E-state index is 12.0. The molecular weight excluding hydrogens is 316 g/mol. The van der Waals surface area contributed by atoms with Crippen LogP contribution in [0.2, 0.25) is 5.02 Å². The van der Waals surface area contributed by atoms with Gasteiger partial charge in [0.2, 0.25) is 0 Å². The molecule has 6 heteroatoms. The highest BCUT2D eigenvalue weighted by molar-refractivity contribution is 6.33. The molecule has 0 aliphatic carbocycles. The first-order valence-corrected chi connectivity index (χ1v) is 7.15. The van der Waals surface area contributed by atoms with E-state index in [0.29, 0.717) is 39.9 Å². The number of H-pyrrole nitrogens is 1. The van der Waals surface area contributed by atoms with Crippen LogP contribution in [-0.4, -0.2) is 18.7 Å². The standard InChI is InChI=1S/C17H15ClN2O3/c1-4-5-23-16-8-14(18)12(7-15(16)22-3)11-6-10(2)20-17(21)13(11)9-19/h4,6-8H,1,5H2,2-3H3,(H,20,21). The van der Waals surface area contributed by atoms with Gasteiger partial charge in [0.05, 0.1) is 12.1 Å². The SMILES string of the molecule is C=CCOc1cc(Cl)c(-c2cc(C)[nH]c(=O)c2C#N)cc1OC. The molecule has 5 nitrogen and oxygen atoms in total. The number of nitrogens with one attached hydrogen (secondary N) is 1. The van der Waals surface area contributed by atoms with Crippen molar-refractivity contribution in [1.29, 1.82) is 5.26 Å². The number of hydrogen-bond acceptors (Lipinski definition) is 4. The molecule has 23 heavy (non-hydrogen) atoms. The van der Waals surface area contributed by atoms with Gasteiger partial charge in [0.1, 0.15) is 18.2 Å². The average molecular weight is 331 g/mol. The first-order chi connectivity index (χ1) is 11.0. The molecule has 0 spiro atoms. The van der Waals surface area contributed by atoms with Crippen molar-refractivity contribution in [1.82, 2.24) is 4.98 Å². The number of aryl methyl sites for hydroxylation is 1. The van der Waals surface area contributed by atoms with Crippen LogP contribution < -0.4 is 15.0 Å². The highest BCUT2D eigenvalue weighted by Crippen LogP contribution is 2.39. The van der Waals surface area contributed by atoms with Crippen LogP contribution in [0, 0.1) is 18.3 Å². The molecule has 2 rings (SSSR count). The van der Waals surface area contributed by atoms with Crippen LogP contribution in [0.1, 0.15) is 11.3 Å². The first-order valence-electron chi connectivity index (χ1n) is 6.77. The fraction of sp³-hybridized carbons (Fsp3) is 0.176. The molecule has 0 unspecified atom stereocenters. The predicted octanol–water partition coefficient (Wildman–Crippen LogP) is 3.45. The molecule has 2 aromatic rings. The summed E-state index contributed by atoms with van der Waals surface area (Å²) in [5, 5.41) is 9.61. The largest absolute Gasteiger partial charge is 0.493 e. The third-order valence-electron chi connectivity index (χ3n) is 3.18. The number of hydrogen-bond donors (Lipinski definition) is 1. The molecule has 1 aromatic heterocycles. The Morgan fingerprint density at radius 3 is 2.70 bits per heavy atom. The fourth-order valence-electron chi connectivity index (χ4n) is 2.17. The fourth-order valence-corrected chi connectivity index (χ4v) is 2.43. The zero-order valence-electron chi connectivity index (χ0n) is 12.8. The molecule has 0 aliphatic heterocycles. The zero-order valence-corrected chi connectivity index (χ0v) is 13.5. The Morgan fingerprint density at radius 2 is 2.09 bits per heavy atom. The van der Waals surface area contributed by atoms with Gasteiger partial charge < -0.3 is 14.5 Å². The quantitative estimate of drug-likeness (QED) is 0.852. The van der Waals surface area contributed by atoms with E-state index in [1.807, 2.05) is 6.07 Å².